The molecule has 10 heteroatoms. The summed E-state index contributed by atoms with van der Waals surface area (Å²) in [5.41, 5.74) is 0.0502. The maximum absolute atomic E-state index is 13.3. The fourth-order valence-corrected chi connectivity index (χ4v) is 4.01. The zero-order chi connectivity index (χ0) is 23.7. The summed E-state index contributed by atoms with van der Waals surface area (Å²) >= 11 is 6.04. The van der Waals surface area contributed by atoms with E-state index < -0.39 is 11.1 Å². The van der Waals surface area contributed by atoms with Crippen LogP contribution in [0.4, 0.5) is 0 Å². The van der Waals surface area contributed by atoms with Crippen molar-refractivity contribution in [2.24, 2.45) is 0 Å². The second-order valence-corrected chi connectivity index (χ2v) is 8.07. The Kier molecular flexibility index (Phi) is 6.15. The van der Waals surface area contributed by atoms with Crippen LogP contribution in [0.2, 0.25) is 5.02 Å². The van der Waals surface area contributed by atoms with Crippen LogP contribution in [0.15, 0.2) is 50.8 Å². The third-order valence-electron chi connectivity index (χ3n) is 5.38. The van der Waals surface area contributed by atoms with Gasteiger partial charge >= 0.3 is 11.1 Å². The molecule has 0 unspecified atom stereocenters. The zero-order valence-electron chi connectivity index (χ0n) is 18.1. The van der Waals surface area contributed by atoms with E-state index in [1.165, 1.54) is 4.57 Å². The Morgan fingerprint density at radius 2 is 1.85 bits per heavy atom. The Bertz CT molecular complexity index is 1550. The highest BCUT2D eigenvalue weighted by atomic mass is 35.5. The number of aromatic amines is 2. The van der Waals surface area contributed by atoms with Crippen LogP contribution in [0.1, 0.15) is 36.5 Å². The summed E-state index contributed by atoms with van der Waals surface area (Å²) in [5.74, 6) is 0.0493. The molecule has 2 N–H and O–H groups in total. The summed E-state index contributed by atoms with van der Waals surface area (Å²) < 4.78 is 1.36. The van der Waals surface area contributed by atoms with E-state index in [1.807, 2.05) is 6.92 Å². The minimum Gasteiger partial charge on any atom is -0.331 e. The first-order valence-corrected chi connectivity index (χ1v) is 10.9. The number of fused-ring (bicyclic) bond motifs is 2. The predicted molar refractivity (Wildman–Crippen MR) is 127 cm³/mol. The highest BCUT2D eigenvalue weighted by molar-refractivity contribution is 6.31. The Hall–Kier alpha value is -3.72. The van der Waals surface area contributed by atoms with Crippen molar-refractivity contribution in [2.75, 3.05) is 6.54 Å². The van der Waals surface area contributed by atoms with Crippen LogP contribution in [-0.4, -0.2) is 36.9 Å². The van der Waals surface area contributed by atoms with Gasteiger partial charge in [0.2, 0.25) is 0 Å². The van der Waals surface area contributed by atoms with Gasteiger partial charge in [0, 0.05) is 23.7 Å². The van der Waals surface area contributed by atoms with Crippen molar-refractivity contribution in [3.8, 4) is 0 Å². The summed E-state index contributed by atoms with van der Waals surface area (Å²) in [6.45, 7) is 4.56. The van der Waals surface area contributed by atoms with Crippen molar-refractivity contribution in [3.05, 3.63) is 83.9 Å². The smallest absolute Gasteiger partial charge is 0.316 e. The van der Waals surface area contributed by atoms with E-state index in [1.54, 1.807) is 48.2 Å². The van der Waals surface area contributed by atoms with E-state index >= 15 is 0 Å². The van der Waals surface area contributed by atoms with Crippen molar-refractivity contribution >= 4 is 39.4 Å². The third-order valence-corrected chi connectivity index (χ3v) is 5.61. The van der Waals surface area contributed by atoms with Gasteiger partial charge < -0.3 is 19.4 Å². The van der Waals surface area contributed by atoms with Gasteiger partial charge in [-0.15, -0.1) is 0 Å². The summed E-state index contributed by atoms with van der Waals surface area (Å²) in [6.07, 6.45) is 0.690. The summed E-state index contributed by atoms with van der Waals surface area (Å²) in [6, 6.07) is 9.65. The summed E-state index contributed by atoms with van der Waals surface area (Å²) in [7, 11) is 0. The molecule has 0 aliphatic carbocycles. The largest absolute Gasteiger partial charge is 0.331 e. The molecule has 0 spiro atoms. The highest BCUT2D eigenvalue weighted by Gasteiger charge is 2.19. The molecule has 4 rings (SSSR count). The summed E-state index contributed by atoms with van der Waals surface area (Å²) in [5, 5.41) is 0.876. The Morgan fingerprint density at radius 1 is 1.06 bits per heavy atom. The first-order valence-electron chi connectivity index (χ1n) is 10.6. The van der Waals surface area contributed by atoms with E-state index in [4.69, 9.17) is 11.6 Å². The number of amides is 1. The van der Waals surface area contributed by atoms with Gasteiger partial charge in [0.05, 0.1) is 28.5 Å². The van der Waals surface area contributed by atoms with Crippen LogP contribution in [0.5, 0.6) is 0 Å². The van der Waals surface area contributed by atoms with Crippen molar-refractivity contribution in [1.29, 1.82) is 0 Å². The number of aryl methyl sites for hydroxylation is 1. The molecule has 0 saturated heterocycles. The molecule has 9 nitrogen and oxygen atoms in total. The van der Waals surface area contributed by atoms with Gasteiger partial charge in [-0.2, -0.15) is 0 Å². The van der Waals surface area contributed by atoms with Gasteiger partial charge in [0.1, 0.15) is 5.82 Å². The van der Waals surface area contributed by atoms with Crippen LogP contribution in [-0.2, 0) is 13.1 Å². The molecule has 0 fully saturated rings. The number of benzene rings is 2. The lowest BCUT2D eigenvalue weighted by molar-refractivity contribution is 0.0739. The molecule has 2 aromatic heterocycles. The number of nitrogens with one attached hydrogen (secondary N) is 2. The molecular formula is C23H22ClN5O4. The molecule has 0 aliphatic heterocycles. The topological polar surface area (TPSA) is 121 Å². The second kappa shape index (κ2) is 9.03. The van der Waals surface area contributed by atoms with Crippen LogP contribution >= 0.6 is 11.6 Å². The first kappa shape index (κ1) is 22.5. The first-order chi connectivity index (χ1) is 15.8. The molecule has 4 aromatic rings. The number of H-pyrrole nitrogens is 2. The number of carbonyl (C=O) groups excluding carboxylic acids is 1. The number of halogens is 1. The van der Waals surface area contributed by atoms with Crippen LogP contribution in [0, 0.1) is 0 Å². The maximum Gasteiger partial charge on any atom is 0.316 e. The molecule has 170 valence electrons. The van der Waals surface area contributed by atoms with Gasteiger partial charge in [-0.3, -0.25) is 19.2 Å². The zero-order valence-corrected chi connectivity index (χ0v) is 18.9. The van der Waals surface area contributed by atoms with Crippen molar-refractivity contribution < 1.29 is 4.79 Å². The lowest BCUT2D eigenvalue weighted by atomic mass is 10.1. The molecule has 0 radical (unpaired) electrons. The quantitative estimate of drug-likeness (QED) is 0.422. The Balaban J connectivity index is 1.72. The average molecular weight is 468 g/mol. The van der Waals surface area contributed by atoms with E-state index in [0.717, 1.165) is 0 Å². The van der Waals surface area contributed by atoms with E-state index in [-0.39, 0.29) is 18.0 Å². The van der Waals surface area contributed by atoms with Crippen LogP contribution in [0.25, 0.3) is 21.9 Å². The second-order valence-electron chi connectivity index (χ2n) is 7.64. The monoisotopic (exact) mass is 467 g/mol. The molecule has 0 aliphatic rings. The maximum atomic E-state index is 13.3. The number of hydrogen-bond donors (Lipinski definition) is 2. The SMILES string of the molecule is CCCN(Cc1nc2cc(Cl)ccc2c(=O)[nH]1)C(=O)c1ccc2c(c1)[nH]c(=O)c(=O)n2CC. The van der Waals surface area contributed by atoms with Gasteiger partial charge in [0.15, 0.2) is 0 Å². The number of rotatable bonds is 6. The molecule has 0 atom stereocenters. The van der Waals surface area contributed by atoms with Crippen molar-refractivity contribution in [1.82, 2.24) is 24.4 Å². The van der Waals surface area contributed by atoms with Crippen molar-refractivity contribution in [2.45, 2.75) is 33.4 Å². The van der Waals surface area contributed by atoms with E-state index in [2.05, 4.69) is 15.0 Å². The molecule has 0 bridgehead atoms. The number of carbonyl (C=O) groups is 1. The lowest BCUT2D eigenvalue weighted by Gasteiger charge is -2.22. The normalized spacial score (nSPS) is 11.2. The van der Waals surface area contributed by atoms with Crippen LogP contribution in [0.3, 0.4) is 0 Å². The number of hydrogen-bond acceptors (Lipinski definition) is 5. The molecule has 0 saturated carbocycles. The molecule has 2 aromatic carbocycles. The van der Waals surface area contributed by atoms with Gasteiger partial charge in [-0.1, -0.05) is 18.5 Å². The minimum absolute atomic E-state index is 0.0907. The fraction of sp³-hybridized carbons (Fsp3) is 0.261. The molecule has 33 heavy (non-hydrogen) atoms. The lowest BCUT2D eigenvalue weighted by Crippen LogP contribution is -2.36. The van der Waals surface area contributed by atoms with Gasteiger partial charge in [0.25, 0.3) is 11.5 Å². The average Bonchev–Trinajstić information content (AvgIpc) is 2.78. The van der Waals surface area contributed by atoms with Gasteiger partial charge in [-0.05, 0) is 49.7 Å². The van der Waals surface area contributed by atoms with E-state index in [0.29, 0.717) is 57.9 Å². The van der Waals surface area contributed by atoms with Gasteiger partial charge in [-0.25, -0.2) is 4.98 Å². The number of nitrogens with zero attached hydrogens (tertiary/aromatic N) is 3. The fourth-order valence-electron chi connectivity index (χ4n) is 3.85. The van der Waals surface area contributed by atoms with Crippen LogP contribution < -0.4 is 16.7 Å². The standard InChI is InChI=1S/C23H22ClN5O4/c1-3-9-28(12-19-25-16-11-14(24)6-7-15(16)20(30)27-19)22(32)13-5-8-18-17(10-13)26-21(31)23(33)29(18)4-2/h5-8,10-11H,3-4,9,12H2,1-2H3,(H,26,31)(H,25,27,30). The number of aromatic nitrogens is 4. The molecule has 1 amide bonds. The van der Waals surface area contributed by atoms with E-state index in [9.17, 15) is 19.2 Å². The Morgan fingerprint density at radius 3 is 2.58 bits per heavy atom. The predicted octanol–water partition coefficient (Wildman–Crippen LogP) is 2.65. The van der Waals surface area contributed by atoms with Crippen molar-refractivity contribution in [3.63, 3.8) is 0 Å². The highest BCUT2D eigenvalue weighted by Crippen LogP contribution is 2.17. The molecule has 2 heterocycles. The summed E-state index contributed by atoms with van der Waals surface area (Å²) in [4.78, 5) is 61.2. The Labute approximate surface area is 192 Å². The third kappa shape index (κ3) is 4.31. The minimum atomic E-state index is -0.740. The molecular weight excluding hydrogens is 446 g/mol.